The van der Waals surface area contributed by atoms with Crippen molar-refractivity contribution in [2.45, 2.75) is 60.0 Å². The molecule has 5 heteroatoms. The molecule has 1 fully saturated rings. The first-order valence-electron chi connectivity index (χ1n) is 9.90. The number of nitrogens with zero attached hydrogens (tertiary/aromatic N) is 2. The number of carbonyl (C=O) groups is 2. The molecule has 1 heterocycles. The molecule has 1 unspecified atom stereocenters. The van der Waals surface area contributed by atoms with Gasteiger partial charge in [0.15, 0.2) is 6.10 Å². The Morgan fingerprint density at radius 2 is 1.56 bits per heavy atom. The standard InChI is InChI=1S/C22H34N2O3/c1-16(2)18-9-7-8-10-19(18)27-17(3)21(26)24-13-11-23(12-14-24)20(25)15-22(4,5)6/h7-10,16-17H,11-15H2,1-6H3. The highest BCUT2D eigenvalue weighted by molar-refractivity contribution is 5.82. The van der Waals surface area contributed by atoms with E-state index in [9.17, 15) is 9.59 Å². The maximum Gasteiger partial charge on any atom is 0.263 e. The Morgan fingerprint density at radius 3 is 2.11 bits per heavy atom. The monoisotopic (exact) mass is 374 g/mol. The van der Waals surface area contributed by atoms with Crippen molar-refractivity contribution in [3.05, 3.63) is 29.8 Å². The number of para-hydroxylation sites is 1. The van der Waals surface area contributed by atoms with Crippen LogP contribution < -0.4 is 4.74 Å². The Morgan fingerprint density at radius 1 is 1.00 bits per heavy atom. The number of rotatable bonds is 5. The van der Waals surface area contributed by atoms with Gasteiger partial charge in [0.25, 0.3) is 5.91 Å². The minimum absolute atomic E-state index is 0.0171. The molecule has 1 atom stereocenters. The fourth-order valence-corrected chi connectivity index (χ4v) is 3.30. The highest BCUT2D eigenvalue weighted by Crippen LogP contribution is 2.27. The Bertz CT molecular complexity index is 656. The zero-order valence-electron chi connectivity index (χ0n) is 17.6. The predicted octanol–water partition coefficient (Wildman–Crippen LogP) is 3.68. The number of piperazine rings is 1. The summed E-state index contributed by atoms with van der Waals surface area (Å²) < 4.78 is 5.99. The lowest BCUT2D eigenvalue weighted by molar-refractivity contribution is -0.144. The summed E-state index contributed by atoms with van der Waals surface area (Å²) in [6.07, 6.45) is -0.00589. The maximum atomic E-state index is 12.8. The first kappa shape index (κ1) is 21.3. The van der Waals surface area contributed by atoms with E-state index in [0.717, 1.165) is 11.3 Å². The van der Waals surface area contributed by atoms with Crippen LogP contribution in [-0.2, 0) is 9.59 Å². The van der Waals surface area contributed by atoms with Crippen LogP contribution in [0.1, 0.15) is 59.4 Å². The molecule has 0 N–H and O–H groups in total. The van der Waals surface area contributed by atoms with Crippen LogP contribution >= 0.6 is 0 Å². The van der Waals surface area contributed by atoms with Crippen molar-refractivity contribution in [2.75, 3.05) is 26.2 Å². The van der Waals surface area contributed by atoms with E-state index in [4.69, 9.17) is 4.74 Å². The highest BCUT2D eigenvalue weighted by atomic mass is 16.5. The van der Waals surface area contributed by atoms with Gasteiger partial charge in [0.2, 0.25) is 5.91 Å². The largest absolute Gasteiger partial charge is 0.481 e. The van der Waals surface area contributed by atoms with E-state index in [2.05, 4.69) is 34.6 Å². The normalized spacial score (nSPS) is 16.4. The van der Waals surface area contributed by atoms with Gasteiger partial charge in [-0.25, -0.2) is 0 Å². The van der Waals surface area contributed by atoms with E-state index in [-0.39, 0.29) is 17.2 Å². The lowest BCUT2D eigenvalue weighted by Crippen LogP contribution is -2.53. The molecule has 1 aromatic rings. The summed E-state index contributed by atoms with van der Waals surface area (Å²) in [6.45, 7) is 14.5. The molecule has 2 rings (SSSR count). The molecule has 2 amide bonds. The Labute approximate surface area is 163 Å². The quantitative estimate of drug-likeness (QED) is 0.790. The molecule has 1 aromatic carbocycles. The zero-order valence-corrected chi connectivity index (χ0v) is 17.6. The second-order valence-corrected chi connectivity index (χ2v) is 8.90. The van der Waals surface area contributed by atoms with Crippen LogP contribution in [0.4, 0.5) is 0 Å². The van der Waals surface area contributed by atoms with E-state index in [1.165, 1.54) is 0 Å². The van der Waals surface area contributed by atoms with Gasteiger partial charge in [0, 0.05) is 32.6 Å². The summed E-state index contributed by atoms with van der Waals surface area (Å²) >= 11 is 0. The summed E-state index contributed by atoms with van der Waals surface area (Å²) in [5, 5.41) is 0. The molecule has 0 radical (unpaired) electrons. The van der Waals surface area contributed by atoms with E-state index >= 15 is 0 Å². The predicted molar refractivity (Wildman–Crippen MR) is 108 cm³/mol. The number of hydrogen-bond donors (Lipinski definition) is 0. The van der Waals surface area contributed by atoms with Gasteiger partial charge in [0.05, 0.1) is 0 Å². The lowest BCUT2D eigenvalue weighted by Gasteiger charge is -2.37. The van der Waals surface area contributed by atoms with E-state index in [1.54, 1.807) is 6.92 Å². The molecule has 1 saturated heterocycles. The van der Waals surface area contributed by atoms with Crippen LogP contribution in [0, 0.1) is 5.41 Å². The zero-order chi connectivity index (χ0) is 20.2. The van der Waals surface area contributed by atoms with Gasteiger partial charge >= 0.3 is 0 Å². The summed E-state index contributed by atoms with van der Waals surface area (Å²) in [4.78, 5) is 28.8. The van der Waals surface area contributed by atoms with Gasteiger partial charge in [-0.2, -0.15) is 0 Å². The van der Waals surface area contributed by atoms with Crippen molar-refractivity contribution in [3.8, 4) is 5.75 Å². The fourth-order valence-electron chi connectivity index (χ4n) is 3.30. The van der Waals surface area contributed by atoms with E-state index in [1.807, 2.05) is 34.1 Å². The summed E-state index contributed by atoms with van der Waals surface area (Å²) in [6, 6.07) is 7.87. The van der Waals surface area contributed by atoms with Crippen LogP contribution in [0.3, 0.4) is 0 Å². The molecule has 150 valence electrons. The molecule has 0 aromatic heterocycles. The SMILES string of the molecule is CC(Oc1ccccc1C(C)C)C(=O)N1CCN(C(=O)CC(C)(C)C)CC1. The number of ether oxygens (including phenoxy) is 1. The van der Waals surface area contributed by atoms with Crippen molar-refractivity contribution in [2.24, 2.45) is 5.41 Å². The van der Waals surface area contributed by atoms with Crippen molar-refractivity contribution in [1.29, 1.82) is 0 Å². The van der Waals surface area contributed by atoms with Crippen LogP contribution in [0.5, 0.6) is 5.75 Å². The van der Waals surface area contributed by atoms with Crippen molar-refractivity contribution in [3.63, 3.8) is 0 Å². The second kappa shape index (κ2) is 8.77. The van der Waals surface area contributed by atoms with Gasteiger partial charge in [-0.05, 0) is 29.9 Å². The Kier molecular flexibility index (Phi) is 6.90. The summed E-state index contributed by atoms with van der Waals surface area (Å²) in [5.74, 6) is 1.26. The number of carbonyl (C=O) groups excluding carboxylic acids is 2. The molecule has 0 spiro atoms. The van der Waals surface area contributed by atoms with Crippen molar-refractivity contribution < 1.29 is 14.3 Å². The van der Waals surface area contributed by atoms with Crippen LogP contribution in [0.15, 0.2) is 24.3 Å². The molecular formula is C22H34N2O3. The minimum Gasteiger partial charge on any atom is -0.481 e. The van der Waals surface area contributed by atoms with E-state index < -0.39 is 6.10 Å². The van der Waals surface area contributed by atoms with Crippen molar-refractivity contribution >= 4 is 11.8 Å². The van der Waals surface area contributed by atoms with Crippen molar-refractivity contribution in [1.82, 2.24) is 9.80 Å². The fraction of sp³-hybridized carbons (Fsp3) is 0.636. The average Bonchev–Trinajstić information content (AvgIpc) is 2.60. The summed E-state index contributed by atoms with van der Waals surface area (Å²) in [5.41, 5.74) is 1.09. The smallest absolute Gasteiger partial charge is 0.263 e. The third-order valence-electron chi connectivity index (χ3n) is 4.82. The van der Waals surface area contributed by atoms with Gasteiger partial charge < -0.3 is 14.5 Å². The van der Waals surface area contributed by atoms with Gasteiger partial charge in [-0.1, -0.05) is 52.8 Å². The molecular weight excluding hydrogens is 340 g/mol. The Balaban J connectivity index is 1.91. The number of benzene rings is 1. The third-order valence-corrected chi connectivity index (χ3v) is 4.82. The molecule has 5 nitrogen and oxygen atoms in total. The van der Waals surface area contributed by atoms with E-state index in [0.29, 0.717) is 38.5 Å². The highest BCUT2D eigenvalue weighted by Gasteiger charge is 2.29. The number of amides is 2. The molecule has 0 aliphatic carbocycles. The van der Waals surface area contributed by atoms with Gasteiger partial charge in [-0.3, -0.25) is 9.59 Å². The molecule has 27 heavy (non-hydrogen) atoms. The first-order valence-corrected chi connectivity index (χ1v) is 9.90. The lowest BCUT2D eigenvalue weighted by atomic mass is 9.91. The first-order chi connectivity index (χ1) is 12.6. The maximum absolute atomic E-state index is 12.8. The second-order valence-electron chi connectivity index (χ2n) is 8.90. The molecule has 1 aliphatic rings. The molecule has 0 saturated carbocycles. The molecule has 0 bridgehead atoms. The van der Waals surface area contributed by atoms with Crippen LogP contribution in [0.25, 0.3) is 0 Å². The van der Waals surface area contributed by atoms with Crippen LogP contribution in [0.2, 0.25) is 0 Å². The Hall–Kier alpha value is -2.04. The van der Waals surface area contributed by atoms with Gasteiger partial charge in [0.1, 0.15) is 5.75 Å². The molecule has 1 aliphatic heterocycles. The average molecular weight is 375 g/mol. The third kappa shape index (κ3) is 5.98. The summed E-state index contributed by atoms with van der Waals surface area (Å²) in [7, 11) is 0. The van der Waals surface area contributed by atoms with Gasteiger partial charge in [-0.15, -0.1) is 0 Å². The van der Waals surface area contributed by atoms with Crippen LogP contribution in [-0.4, -0.2) is 53.9 Å². The minimum atomic E-state index is -0.540. The topological polar surface area (TPSA) is 49.9 Å². The number of hydrogen-bond acceptors (Lipinski definition) is 3.